The van der Waals surface area contributed by atoms with Crippen LogP contribution < -0.4 is 10.4 Å². The van der Waals surface area contributed by atoms with Crippen LogP contribution in [0.15, 0.2) is 66.9 Å². The lowest BCUT2D eigenvalue weighted by molar-refractivity contribution is 1.22. The molecule has 2 rings (SSSR count). The minimum atomic E-state index is 0.930. The highest BCUT2D eigenvalue weighted by molar-refractivity contribution is 5.76. The van der Waals surface area contributed by atoms with Crippen LogP contribution in [0, 0.1) is 0 Å². The molecule has 1 nitrogen and oxygen atoms in total. The molecule has 0 N–H and O–H groups in total. The highest BCUT2D eigenvalue weighted by Gasteiger charge is 2.05. The van der Waals surface area contributed by atoms with Crippen LogP contribution in [0.4, 0.5) is 0 Å². The Morgan fingerprint density at radius 2 is 1.91 bits per heavy atom. The fraction of sp³-hybridized carbons (Fsp3) is 0.136. The lowest BCUT2D eigenvalue weighted by atomic mass is 9.97. The lowest BCUT2D eigenvalue weighted by Crippen LogP contribution is -2.27. The van der Waals surface area contributed by atoms with Crippen molar-refractivity contribution in [2.75, 3.05) is 0 Å². The Hall–Kier alpha value is -2.67. The van der Waals surface area contributed by atoms with Crippen LogP contribution in [-0.2, 0) is 0 Å². The van der Waals surface area contributed by atoms with E-state index in [-0.39, 0.29) is 0 Å². The largest absolute Gasteiger partial charge is 0.256 e. The van der Waals surface area contributed by atoms with E-state index < -0.39 is 0 Å². The van der Waals surface area contributed by atoms with Crippen LogP contribution in [0.5, 0.6) is 0 Å². The van der Waals surface area contributed by atoms with Gasteiger partial charge in [0.15, 0.2) is 0 Å². The number of benzene rings is 1. The molecule has 0 radical (unpaired) electrons. The predicted octanol–water partition coefficient (Wildman–Crippen LogP) is 4.49. The van der Waals surface area contributed by atoms with Crippen molar-refractivity contribution in [3.8, 4) is 11.3 Å². The highest BCUT2D eigenvalue weighted by Crippen LogP contribution is 2.16. The van der Waals surface area contributed by atoms with E-state index in [1.54, 1.807) is 6.20 Å². The Morgan fingerprint density at radius 3 is 2.57 bits per heavy atom. The van der Waals surface area contributed by atoms with Crippen molar-refractivity contribution >= 4 is 18.7 Å². The number of aromatic nitrogens is 1. The van der Waals surface area contributed by atoms with Crippen LogP contribution >= 0.6 is 0 Å². The summed E-state index contributed by atoms with van der Waals surface area (Å²) in [5.41, 5.74) is 4.26. The van der Waals surface area contributed by atoms with Crippen molar-refractivity contribution in [1.29, 1.82) is 0 Å². The van der Waals surface area contributed by atoms with Crippen molar-refractivity contribution in [3.63, 3.8) is 0 Å². The first-order valence-electron chi connectivity index (χ1n) is 7.91. The van der Waals surface area contributed by atoms with Crippen LogP contribution in [0.25, 0.3) is 30.0 Å². The predicted molar refractivity (Wildman–Crippen MR) is 102 cm³/mol. The summed E-state index contributed by atoms with van der Waals surface area (Å²) in [4.78, 5) is 4.42. The summed E-state index contributed by atoms with van der Waals surface area (Å²) in [6.07, 6.45) is 13.2. The van der Waals surface area contributed by atoms with Gasteiger partial charge in [-0.2, -0.15) is 0 Å². The number of allylic oxidation sites excluding steroid dienone is 6. The van der Waals surface area contributed by atoms with Crippen LogP contribution in [0.1, 0.15) is 25.8 Å². The molecule has 1 heteroatoms. The molecule has 0 saturated heterocycles. The molecular weight excluding hydrogens is 278 g/mol. The first kappa shape index (κ1) is 16.7. The molecule has 0 aliphatic rings. The molecule has 1 heterocycles. The summed E-state index contributed by atoms with van der Waals surface area (Å²) in [6, 6.07) is 10.1. The van der Waals surface area contributed by atoms with Gasteiger partial charge in [-0.3, -0.25) is 4.98 Å². The van der Waals surface area contributed by atoms with Gasteiger partial charge in [0.1, 0.15) is 0 Å². The minimum absolute atomic E-state index is 0.930. The van der Waals surface area contributed by atoms with Crippen LogP contribution in [-0.4, -0.2) is 4.98 Å². The second-order valence-corrected chi connectivity index (χ2v) is 5.29. The van der Waals surface area contributed by atoms with Gasteiger partial charge in [0.2, 0.25) is 0 Å². The molecule has 1 aromatic heterocycles. The quantitative estimate of drug-likeness (QED) is 0.741. The highest BCUT2D eigenvalue weighted by atomic mass is 14.7. The van der Waals surface area contributed by atoms with Gasteiger partial charge in [-0.1, -0.05) is 68.7 Å². The Balaban J connectivity index is 2.54. The summed E-state index contributed by atoms with van der Waals surface area (Å²) in [5, 5.41) is 1.89. The molecule has 2 aromatic rings. The smallest absolute Gasteiger partial charge is 0.0707 e. The zero-order valence-corrected chi connectivity index (χ0v) is 13.9. The molecule has 0 bridgehead atoms. The SMILES string of the molecule is C=c1c(C(/C=C\C=C/C)=C\CC)ccc(-c2ccccn2)c1=C. The Morgan fingerprint density at radius 1 is 1.09 bits per heavy atom. The maximum atomic E-state index is 4.42. The van der Waals surface area contributed by atoms with Crippen LogP contribution in [0.2, 0.25) is 0 Å². The van der Waals surface area contributed by atoms with Crippen molar-refractivity contribution in [2.24, 2.45) is 0 Å². The molecule has 0 unspecified atom stereocenters. The second kappa shape index (κ2) is 8.09. The molecule has 23 heavy (non-hydrogen) atoms. The third-order valence-electron chi connectivity index (χ3n) is 3.69. The number of hydrogen-bond donors (Lipinski definition) is 0. The maximum absolute atomic E-state index is 4.42. The number of nitrogens with zero attached hydrogens (tertiary/aromatic N) is 1. The topological polar surface area (TPSA) is 12.9 Å². The number of rotatable bonds is 5. The molecule has 0 amide bonds. The van der Waals surface area contributed by atoms with Crippen molar-refractivity contribution in [1.82, 2.24) is 4.98 Å². The van der Waals surface area contributed by atoms with Gasteiger partial charge in [0.25, 0.3) is 0 Å². The molecule has 0 atom stereocenters. The summed E-state index contributed by atoms with van der Waals surface area (Å²) < 4.78 is 0. The summed E-state index contributed by atoms with van der Waals surface area (Å²) >= 11 is 0. The Kier molecular flexibility index (Phi) is 5.87. The maximum Gasteiger partial charge on any atom is 0.0707 e. The molecule has 0 spiro atoms. The van der Waals surface area contributed by atoms with E-state index in [2.05, 4.69) is 55.4 Å². The third-order valence-corrected chi connectivity index (χ3v) is 3.69. The normalized spacial score (nSPS) is 12.3. The Bertz CT molecular complexity index is 840. The van der Waals surface area contributed by atoms with Gasteiger partial charge >= 0.3 is 0 Å². The first-order valence-corrected chi connectivity index (χ1v) is 7.91. The van der Waals surface area contributed by atoms with Gasteiger partial charge < -0.3 is 0 Å². The molecule has 1 aromatic carbocycles. The van der Waals surface area contributed by atoms with Gasteiger partial charge in [-0.05, 0) is 47.1 Å². The van der Waals surface area contributed by atoms with Gasteiger partial charge in [-0.15, -0.1) is 0 Å². The standard InChI is InChI=1S/C22H23N/c1-5-7-8-12-19(11-6-2)20-14-15-21(18(4)17(20)3)22-13-9-10-16-23-22/h5,7-16H,3-4,6H2,1-2H3/b7-5-,12-8-,19-11-. The van der Waals surface area contributed by atoms with E-state index in [1.807, 2.05) is 37.3 Å². The van der Waals surface area contributed by atoms with Crippen molar-refractivity contribution in [3.05, 3.63) is 82.9 Å². The molecule has 0 aliphatic heterocycles. The fourth-order valence-electron chi connectivity index (χ4n) is 2.48. The average Bonchev–Trinajstić information content (AvgIpc) is 2.58. The van der Waals surface area contributed by atoms with E-state index in [1.165, 1.54) is 5.57 Å². The monoisotopic (exact) mass is 301 g/mol. The number of hydrogen-bond acceptors (Lipinski definition) is 1. The third kappa shape index (κ3) is 3.95. The van der Waals surface area contributed by atoms with E-state index in [9.17, 15) is 0 Å². The van der Waals surface area contributed by atoms with Gasteiger partial charge in [0, 0.05) is 11.8 Å². The van der Waals surface area contributed by atoms with E-state index in [4.69, 9.17) is 0 Å². The van der Waals surface area contributed by atoms with Crippen molar-refractivity contribution in [2.45, 2.75) is 20.3 Å². The lowest BCUT2D eigenvalue weighted by Gasteiger charge is -2.08. The molecular formula is C22H23N. The van der Waals surface area contributed by atoms with Crippen molar-refractivity contribution < 1.29 is 0 Å². The Labute approximate surface area is 138 Å². The summed E-state index contributed by atoms with van der Waals surface area (Å²) in [6.45, 7) is 12.6. The van der Waals surface area contributed by atoms with E-state index in [0.29, 0.717) is 0 Å². The molecule has 0 saturated carbocycles. The summed E-state index contributed by atoms with van der Waals surface area (Å²) in [5.74, 6) is 0. The van der Waals surface area contributed by atoms with Crippen LogP contribution in [0.3, 0.4) is 0 Å². The fourth-order valence-corrected chi connectivity index (χ4v) is 2.48. The summed E-state index contributed by atoms with van der Waals surface area (Å²) in [7, 11) is 0. The molecule has 0 aliphatic carbocycles. The molecule has 0 fully saturated rings. The van der Waals surface area contributed by atoms with Gasteiger partial charge in [-0.25, -0.2) is 0 Å². The zero-order valence-electron chi connectivity index (χ0n) is 13.9. The zero-order chi connectivity index (χ0) is 16.7. The van der Waals surface area contributed by atoms with Gasteiger partial charge in [0.05, 0.1) is 5.69 Å². The average molecular weight is 301 g/mol. The minimum Gasteiger partial charge on any atom is -0.256 e. The second-order valence-electron chi connectivity index (χ2n) is 5.29. The van der Waals surface area contributed by atoms with E-state index in [0.717, 1.165) is 33.7 Å². The van der Waals surface area contributed by atoms with E-state index >= 15 is 0 Å². The molecule has 116 valence electrons. The number of pyridine rings is 1. The first-order chi connectivity index (χ1) is 11.2.